The van der Waals surface area contributed by atoms with Crippen LogP contribution in [0.25, 0.3) is 0 Å². The lowest BCUT2D eigenvalue weighted by Gasteiger charge is -2.27. The predicted octanol–water partition coefficient (Wildman–Crippen LogP) is 2.99. The van der Waals surface area contributed by atoms with E-state index >= 15 is 0 Å². The van der Waals surface area contributed by atoms with Gasteiger partial charge in [-0.2, -0.15) is 0 Å². The summed E-state index contributed by atoms with van der Waals surface area (Å²) in [5.41, 5.74) is 0. The lowest BCUT2D eigenvalue weighted by Crippen LogP contribution is -2.25. The molecule has 0 saturated heterocycles. The van der Waals surface area contributed by atoms with Gasteiger partial charge < -0.3 is 9.84 Å². The van der Waals surface area contributed by atoms with Gasteiger partial charge in [0.15, 0.2) is 0 Å². The fourth-order valence-corrected chi connectivity index (χ4v) is 2.18. The zero-order valence-electron chi connectivity index (χ0n) is 10.2. The minimum absolute atomic E-state index is 0.0625. The molecule has 1 rings (SSSR count). The van der Waals surface area contributed by atoms with Crippen LogP contribution >= 0.6 is 0 Å². The van der Waals surface area contributed by atoms with Gasteiger partial charge in [-0.3, -0.25) is 0 Å². The van der Waals surface area contributed by atoms with E-state index in [9.17, 15) is 5.11 Å². The van der Waals surface area contributed by atoms with Crippen LogP contribution in [0.4, 0.5) is 0 Å². The molecule has 0 heterocycles. The molecule has 2 nitrogen and oxygen atoms in total. The maximum atomic E-state index is 9.76. The lowest BCUT2D eigenvalue weighted by molar-refractivity contribution is 0.0380. The second-order valence-electron chi connectivity index (χ2n) is 5.20. The van der Waals surface area contributed by atoms with Crippen molar-refractivity contribution in [1.82, 2.24) is 0 Å². The van der Waals surface area contributed by atoms with Gasteiger partial charge in [-0.1, -0.05) is 26.7 Å². The van der Waals surface area contributed by atoms with Crippen molar-refractivity contribution in [1.29, 1.82) is 0 Å². The smallest absolute Gasteiger partial charge is 0.0569 e. The molecule has 1 aliphatic rings. The SMILES string of the molecule is CC(C)CCOCCC1CCCCC1O. The van der Waals surface area contributed by atoms with Gasteiger partial charge in [-0.25, -0.2) is 0 Å². The fourth-order valence-electron chi connectivity index (χ4n) is 2.18. The molecule has 0 radical (unpaired) electrons. The van der Waals surface area contributed by atoms with Crippen LogP contribution in [0.15, 0.2) is 0 Å². The van der Waals surface area contributed by atoms with Crippen LogP contribution in [0.5, 0.6) is 0 Å². The Morgan fingerprint density at radius 1 is 1.20 bits per heavy atom. The van der Waals surface area contributed by atoms with Crippen molar-refractivity contribution < 1.29 is 9.84 Å². The first-order valence-corrected chi connectivity index (χ1v) is 6.46. The Bertz CT molecular complexity index is 157. The van der Waals surface area contributed by atoms with E-state index in [1.54, 1.807) is 0 Å². The summed E-state index contributed by atoms with van der Waals surface area (Å²) in [4.78, 5) is 0. The Labute approximate surface area is 94.0 Å². The van der Waals surface area contributed by atoms with Gasteiger partial charge in [-0.05, 0) is 37.5 Å². The van der Waals surface area contributed by atoms with Crippen molar-refractivity contribution in [3.63, 3.8) is 0 Å². The molecule has 0 amide bonds. The van der Waals surface area contributed by atoms with E-state index in [4.69, 9.17) is 4.74 Å². The molecule has 90 valence electrons. The topological polar surface area (TPSA) is 29.5 Å². The number of aliphatic hydroxyl groups is 1. The average Bonchev–Trinajstić information content (AvgIpc) is 2.20. The monoisotopic (exact) mass is 214 g/mol. The van der Waals surface area contributed by atoms with E-state index in [2.05, 4.69) is 13.8 Å². The molecule has 1 N–H and O–H groups in total. The van der Waals surface area contributed by atoms with Crippen molar-refractivity contribution in [2.75, 3.05) is 13.2 Å². The minimum Gasteiger partial charge on any atom is -0.393 e. The fraction of sp³-hybridized carbons (Fsp3) is 1.00. The van der Waals surface area contributed by atoms with Gasteiger partial charge in [0, 0.05) is 13.2 Å². The summed E-state index contributed by atoms with van der Waals surface area (Å²) in [5.74, 6) is 1.23. The standard InChI is InChI=1S/C13H26O2/c1-11(2)7-9-15-10-8-12-5-3-4-6-13(12)14/h11-14H,3-10H2,1-2H3. The van der Waals surface area contributed by atoms with Crippen LogP contribution < -0.4 is 0 Å². The summed E-state index contributed by atoms with van der Waals surface area (Å²) in [6, 6.07) is 0. The summed E-state index contributed by atoms with van der Waals surface area (Å²) in [6.45, 7) is 6.14. The van der Waals surface area contributed by atoms with Gasteiger partial charge in [0.25, 0.3) is 0 Å². The number of rotatable bonds is 6. The molecule has 2 heteroatoms. The second-order valence-corrected chi connectivity index (χ2v) is 5.20. The average molecular weight is 214 g/mol. The molecule has 1 fully saturated rings. The highest BCUT2D eigenvalue weighted by Gasteiger charge is 2.22. The minimum atomic E-state index is -0.0625. The van der Waals surface area contributed by atoms with Crippen LogP contribution in [-0.2, 0) is 4.74 Å². The third-order valence-corrected chi connectivity index (χ3v) is 3.34. The highest BCUT2D eigenvalue weighted by Crippen LogP contribution is 2.26. The summed E-state index contributed by atoms with van der Waals surface area (Å²) in [5, 5.41) is 9.76. The maximum Gasteiger partial charge on any atom is 0.0569 e. The molecule has 0 bridgehead atoms. The molecular formula is C13H26O2. The lowest BCUT2D eigenvalue weighted by atomic mass is 9.85. The Morgan fingerprint density at radius 2 is 1.93 bits per heavy atom. The number of hydrogen-bond donors (Lipinski definition) is 1. The van der Waals surface area contributed by atoms with Crippen molar-refractivity contribution in [2.45, 2.75) is 58.5 Å². The van der Waals surface area contributed by atoms with E-state index in [1.807, 2.05) is 0 Å². The molecule has 1 saturated carbocycles. The van der Waals surface area contributed by atoms with E-state index in [0.717, 1.165) is 38.4 Å². The number of hydrogen-bond acceptors (Lipinski definition) is 2. The van der Waals surface area contributed by atoms with Crippen LogP contribution in [0, 0.1) is 11.8 Å². The molecule has 0 aromatic heterocycles. The van der Waals surface area contributed by atoms with Crippen molar-refractivity contribution in [2.24, 2.45) is 11.8 Å². The van der Waals surface area contributed by atoms with Crippen molar-refractivity contribution in [3.8, 4) is 0 Å². The summed E-state index contributed by atoms with van der Waals surface area (Å²) in [7, 11) is 0. The van der Waals surface area contributed by atoms with E-state index < -0.39 is 0 Å². The first kappa shape index (κ1) is 13.0. The molecule has 2 atom stereocenters. The zero-order chi connectivity index (χ0) is 11.1. The molecule has 0 aliphatic heterocycles. The number of aliphatic hydroxyl groups excluding tert-OH is 1. The first-order chi connectivity index (χ1) is 7.20. The molecule has 0 aromatic rings. The van der Waals surface area contributed by atoms with Crippen molar-refractivity contribution in [3.05, 3.63) is 0 Å². The quantitative estimate of drug-likeness (QED) is 0.689. The van der Waals surface area contributed by atoms with Gasteiger partial charge >= 0.3 is 0 Å². The van der Waals surface area contributed by atoms with Crippen molar-refractivity contribution >= 4 is 0 Å². The molecule has 15 heavy (non-hydrogen) atoms. The second kappa shape index (κ2) is 7.24. The normalized spacial score (nSPS) is 27.2. The Hall–Kier alpha value is -0.0800. The summed E-state index contributed by atoms with van der Waals surface area (Å²) < 4.78 is 5.58. The van der Waals surface area contributed by atoms with Gasteiger partial charge in [0.2, 0.25) is 0 Å². The van der Waals surface area contributed by atoms with Gasteiger partial charge in [0.1, 0.15) is 0 Å². The van der Waals surface area contributed by atoms with Crippen LogP contribution in [0.1, 0.15) is 52.4 Å². The molecule has 0 aromatic carbocycles. The maximum absolute atomic E-state index is 9.76. The van der Waals surface area contributed by atoms with E-state index in [1.165, 1.54) is 19.3 Å². The number of ether oxygens (including phenoxy) is 1. The van der Waals surface area contributed by atoms with Crippen LogP contribution in [0.3, 0.4) is 0 Å². The van der Waals surface area contributed by atoms with Crippen LogP contribution in [-0.4, -0.2) is 24.4 Å². The Kier molecular flexibility index (Phi) is 6.26. The molecular weight excluding hydrogens is 188 g/mol. The molecule has 1 aliphatic carbocycles. The summed E-state index contributed by atoms with van der Waals surface area (Å²) in [6.07, 6.45) is 6.80. The predicted molar refractivity (Wildman–Crippen MR) is 62.9 cm³/mol. The largest absolute Gasteiger partial charge is 0.393 e. The highest BCUT2D eigenvalue weighted by atomic mass is 16.5. The van der Waals surface area contributed by atoms with E-state index in [-0.39, 0.29) is 6.10 Å². The third kappa shape index (κ3) is 5.53. The third-order valence-electron chi connectivity index (χ3n) is 3.34. The van der Waals surface area contributed by atoms with Gasteiger partial charge in [-0.15, -0.1) is 0 Å². The van der Waals surface area contributed by atoms with E-state index in [0.29, 0.717) is 5.92 Å². The molecule has 2 unspecified atom stereocenters. The molecule has 0 spiro atoms. The van der Waals surface area contributed by atoms with Crippen LogP contribution in [0.2, 0.25) is 0 Å². The Balaban J connectivity index is 1.99. The highest BCUT2D eigenvalue weighted by molar-refractivity contribution is 4.74. The zero-order valence-corrected chi connectivity index (χ0v) is 10.2. The first-order valence-electron chi connectivity index (χ1n) is 6.46. The summed E-state index contributed by atoms with van der Waals surface area (Å²) >= 11 is 0. The van der Waals surface area contributed by atoms with Gasteiger partial charge in [0.05, 0.1) is 6.10 Å². The Morgan fingerprint density at radius 3 is 2.60 bits per heavy atom.